The van der Waals surface area contributed by atoms with Gasteiger partial charge in [0, 0.05) is 13.2 Å². The lowest BCUT2D eigenvalue weighted by molar-refractivity contribution is -0.230. The van der Waals surface area contributed by atoms with Crippen molar-refractivity contribution in [3.8, 4) is 0 Å². The molecular formula is C20H27NO5. The number of ether oxygens (including phenoxy) is 4. The molecule has 0 amide bonds. The zero-order valence-corrected chi connectivity index (χ0v) is 15.5. The molecule has 0 saturated carbocycles. The van der Waals surface area contributed by atoms with E-state index in [-0.39, 0.29) is 24.6 Å². The molecule has 6 heteroatoms. The number of rotatable bonds is 4. The third kappa shape index (κ3) is 2.80. The van der Waals surface area contributed by atoms with Gasteiger partial charge in [-0.1, -0.05) is 30.3 Å². The highest BCUT2D eigenvalue weighted by Gasteiger charge is 2.57. The second-order valence-corrected chi connectivity index (χ2v) is 8.22. The molecule has 0 aromatic heterocycles. The predicted octanol–water partition coefficient (Wildman–Crippen LogP) is 2.79. The van der Waals surface area contributed by atoms with E-state index < -0.39 is 5.79 Å². The molecule has 4 saturated heterocycles. The first-order chi connectivity index (χ1) is 12.5. The van der Waals surface area contributed by atoms with E-state index in [0.717, 1.165) is 19.3 Å². The molecule has 6 nitrogen and oxygen atoms in total. The molecule has 0 spiro atoms. The van der Waals surface area contributed by atoms with Crippen LogP contribution in [0.2, 0.25) is 0 Å². The Morgan fingerprint density at radius 2 is 1.88 bits per heavy atom. The van der Waals surface area contributed by atoms with Gasteiger partial charge < -0.3 is 18.9 Å². The normalized spacial score (nSPS) is 46.0. The zero-order chi connectivity index (χ0) is 17.9. The maximum absolute atomic E-state index is 6.14. The van der Waals surface area contributed by atoms with Crippen molar-refractivity contribution in [2.75, 3.05) is 7.11 Å². The van der Waals surface area contributed by atoms with Crippen LogP contribution in [0.15, 0.2) is 30.3 Å². The molecular weight excluding hydrogens is 334 g/mol. The first-order valence-corrected chi connectivity index (χ1v) is 9.58. The number of piperidine rings is 1. The second-order valence-electron chi connectivity index (χ2n) is 8.22. The number of hydroxylamine groups is 2. The van der Waals surface area contributed by atoms with Crippen LogP contribution in [0, 0.1) is 0 Å². The molecule has 0 radical (unpaired) electrons. The van der Waals surface area contributed by atoms with Gasteiger partial charge in [0.1, 0.15) is 12.2 Å². The Hall–Kier alpha value is -1.02. The molecule has 4 fully saturated rings. The molecule has 0 N–H and O–H groups in total. The molecule has 5 rings (SSSR count). The largest absolute Gasteiger partial charge is 0.353 e. The summed E-state index contributed by atoms with van der Waals surface area (Å²) < 4.78 is 23.8. The Bertz CT molecular complexity index is 653. The van der Waals surface area contributed by atoms with Gasteiger partial charge >= 0.3 is 0 Å². The van der Waals surface area contributed by atoms with E-state index in [0.29, 0.717) is 18.2 Å². The monoisotopic (exact) mass is 361 g/mol. The van der Waals surface area contributed by atoms with Crippen LogP contribution < -0.4 is 0 Å². The quantitative estimate of drug-likeness (QED) is 0.822. The van der Waals surface area contributed by atoms with Crippen molar-refractivity contribution < 1.29 is 23.8 Å². The number of hydrogen-bond donors (Lipinski definition) is 0. The molecule has 26 heavy (non-hydrogen) atoms. The summed E-state index contributed by atoms with van der Waals surface area (Å²) >= 11 is 0. The van der Waals surface area contributed by atoms with E-state index in [1.54, 1.807) is 7.11 Å². The van der Waals surface area contributed by atoms with Gasteiger partial charge in [-0.25, -0.2) is 0 Å². The van der Waals surface area contributed by atoms with Crippen LogP contribution in [0.3, 0.4) is 0 Å². The Balaban J connectivity index is 1.31. The minimum atomic E-state index is -0.591. The van der Waals surface area contributed by atoms with Crippen molar-refractivity contribution in [2.45, 2.75) is 81.7 Å². The van der Waals surface area contributed by atoms with E-state index in [2.05, 4.69) is 35.4 Å². The van der Waals surface area contributed by atoms with E-state index in [1.807, 2.05) is 13.8 Å². The number of benzene rings is 1. The second kappa shape index (κ2) is 6.26. The van der Waals surface area contributed by atoms with Crippen LogP contribution in [0.4, 0.5) is 0 Å². The average molecular weight is 361 g/mol. The predicted molar refractivity (Wildman–Crippen MR) is 93.0 cm³/mol. The van der Waals surface area contributed by atoms with Crippen LogP contribution in [-0.4, -0.2) is 54.7 Å². The first-order valence-electron chi connectivity index (χ1n) is 9.58. The molecule has 4 aliphatic rings. The summed E-state index contributed by atoms with van der Waals surface area (Å²) in [6.07, 6.45) is 2.60. The molecule has 1 aromatic carbocycles. The van der Waals surface area contributed by atoms with Gasteiger partial charge in [0.15, 0.2) is 12.1 Å². The number of methoxy groups -OCH3 is 1. The number of nitrogens with zero attached hydrogens (tertiary/aromatic N) is 1. The molecule has 1 unspecified atom stereocenters. The van der Waals surface area contributed by atoms with Crippen molar-refractivity contribution in [2.24, 2.45) is 0 Å². The summed E-state index contributed by atoms with van der Waals surface area (Å²) in [5.74, 6) is -0.591. The van der Waals surface area contributed by atoms with Crippen LogP contribution in [0.5, 0.6) is 0 Å². The van der Waals surface area contributed by atoms with Crippen LogP contribution in [0.25, 0.3) is 0 Å². The summed E-state index contributed by atoms with van der Waals surface area (Å²) in [6.45, 7) is 3.90. The van der Waals surface area contributed by atoms with Crippen molar-refractivity contribution in [3.05, 3.63) is 35.9 Å². The third-order valence-corrected chi connectivity index (χ3v) is 5.99. The smallest absolute Gasteiger partial charge is 0.186 e. The van der Waals surface area contributed by atoms with Crippen molar-refractivity contribution >= 4 is 0 Å². The van der Waals surface area contributed by atoms with Crippen molar-refractivity contribution in [1.82, 2.24) is 5.06 Å². The SMILES string of the molecule is CO[C@@H]1O[C@H](C[C@@H]2C[C@H]3C[C@H](c4ccccc4)N2O3)[C@@H]2OC(C)(C)O[C@H]12. The van der Waals surface area contributed by atoms with Gasteiger partial charge in [-0.15, -0.1) is 0 Å². The van der Waals surface area contributed by atoms with Crippen LogP contribution in [0.1, 0.15) is 44.7 Å². The van der Waals surface area contributed by atoms with Crippen LogP contribution >= 0.6 is 0 Å². The Morgan fingerprint density at radius 3 is 2.62 bits per heavy atom. The maximum atomic E-state index is 6.14. The van der Waals surface area contributed by atoms with Crippen molar-refractivity contribution in [1.29, 1.82) is 0 Å². The van der Waals surface area contributed by atoms with E-state index >= 15 is 0 Å². The van der Waals surface area contributed by atoms with Crippen molar-refractivity contribution in [3.63, 3.8) is 0 Å². The summed E-state index contributed by atoms with van der Waals surface area (Å²) in [4.78, 5) is 6.14. The van der Waals surface area contributed by atoms with Gasteiger partial charge in [0.2, 0.25) is 0 Å². The highest BCUT2D eigenvalue weighted by molar-refractivity contribution is 5.21. The topological polar surface area (TPSA) is 49.4 Å². The van der Waals surface area contributed by atoms with Crippen LogP contribution in [-0.2, 0) is 23.8 Å². The number of fused-ring (bicyclic) bond motifs is 3. The summed E-state index contributed by atoms with van der Waals surface area (Å²) in [5, 5.41) is 2.19. The van der Waals surface area contributed by atoms with Gasteiger partial charge in [-0.05, 0) is 38.7 Å². The Kier molecular flexibility index (Phi) is 4.12. The minimum Gasteiger partial charge on any atom is -0.353 e. The van der Waals surface area contributed by atoms with E-state index in [1.165, 1.54) is 5.56 Å². The van der Waals surface area contributed by atoms with Gasteiger partial charge in [0.25, 0.3) is 0 Å². The highest BCUT2D eigenvalue weighted by Crippen LogP contribution is 2.47. The zero-order valence-electron chi connectivity index (χ0n) is 15.5. The summed E-state index contributed by atoms with van der Waals surface area (Å²) in [5.41, 5.74) is 1.32. The standard InChI is InChI=1S/C20H27NO5/c1-20(2)24-17-16(23-19(22-3)18(17)25-20)10-13-9-14-11-15(21(13)26-14)12-7-5-4-6-8-12/h4-8,13-19H,9-11H2,1-3H3/t13-,14-,15+,16+,17-,18-,19+/m0/s1. The molecule has 4 heterocycles. The van der Waals surface area contributed by atoms with Gasteiger partial charge in [0.05, 0.1) is 18.2 Å². The fourth-order valence-corrected chi connectivity index (χ4v) is 4.98. The molecule has 0 aliphatic carbocycles. The van der Waals surface area contributed by atoms with E-state index in [9.17, 15) is 0 Å². The minimum absolute atomic E-state index is 0.0453. The lowest BCUT2D eigenvalue weighted by Gasteiger charge is -2.32. The molecule has 4 aliphatic heterocycles. The lowest BCUT2D eigenvalue weighted by Crippen LogP contribution is -2.39. The summed E-state index contributed by atoms with van der Waals surface area (Å²) in [6, 6.07) is 11.3. The fourth-order valence-electron chi connectivity index (χ4n) is 4.98. The molecule has 142 valence electrons. The third-order valence-electron chi connectivity index (χ3n) is 5.99. The van der Waals surface area contributed by atoms with E-state index in [4.69, 9.17) is 23.8 Å². The average Bonchev–Trinajstić information content (AvgIpc) is 3.36. The lowest BCUT2D eigenvalue weighted by atomic mass is 9.90. The highest BCUT2D eigenvalue weighted by atomic mass is 16.8. The summed E-state index contributed by atoms with van der Waals surface area (Å²) in [7, 11) is 1.66. The Morgan fingerprint density at radius 1 is 1.12 bits per heavy atom. The Labute approximate surface area is 154 Å². The fraction of sp³-hybridized carbons (Fsp3) is 0.700. The molecule has 1 aromatic rings. The first kappa shape index (κ1) is 17.1. The molecule has 2 bridgehead atoms. The maximum Gasteiger partial charge on any atom is 0.186 e. The van der Waals surface area contributed by atoms with Gasteiger partial charge in [-0.2, -0.15) is 5.06 Å². The van der Waals surface area contributed by atoms with Gasteiger partial charge in [-0.3, -0.25) is 4.84 Å². The number of hydrogen-bond acceptors (Lipinski definition) is 6. The molecule has 8 atom stereocenters.